The summed E-state index contributed by atoms with van der Waals surface area (Å²) in [7, 11) is 0. The Morgan fingerprint density at radius 2 is 2.13 bits per heavy atom. The first-order chi connectivity index (χ1) is 6.83. The van der Waals surface area contributed by atoms with Crippen molar-refractivity contribution in [2.75, 3.05) is 0 Å². The van der Waals surface area contributed by atoms with E-state index in [0.29, 0.717) is 5.38 Å². The summed E-state index contributed by atoms with van der Waals surface area (Å²) >= 11 is 6.20. The molecule has 0 aliphatic rings. The SMILES string of the molecule is CCCCCC(Cl)CCn1ccnc1.Cl. The summed E-state index contributed by atoms with van der Waals surface area (Å²) in [6.45, 7) is 3.20. The van der Waals surface area contributed by atoms with Crippen molar-refractivity contribution in [1.82, 2.24) is 9.55 Å². The van der Waals surface area contributed by atoms with Gasteiger partial charge >= 0.3 is 0 Å². The number of rotatable bonds is 7. The molecule has 2 nitrogen and oxygen atoms in total. The maximum absolute atomic E-state index is 6.20. The smallest absolute Gasteiger partial charge is 0.0945 e. The van der Waals surface area contributed by atoms with Crippen LogP contribution in [0.4, 0.5) is 0 Å². The largest absolute Gasteiger partial charge is 0.337 e. The van der Waals surface area contributed by atoms with Crippen molar-refractivity contribution in [3.05, 3.63) is 18.7 Å². The zero-order chi connectivity index (χ0) is 10.2. The molecule has 15 heavy (non-hydrogen) atoms. The van der Waals surface area contributed by atoms with Crippen molar-refractivity contribution in [3.63, 3.8) is 0 Å². The van der Waals surface area contributed by atoms with Crippen LogP contribution in [0.3, 0.4) is 0 Å². The molecule has 0 aliphatic heterocycles. The molecule has 1 aromatic rings. The molecule has 0 radical (unpaired) electrons. The average molecular weight is 251 g/mol. The molecule has 0 fully saturated rings. The van der Waals surface area contributed by atoms with Crippen LogP contribution in [0.15, 0.2) is 18.7 Å². The van der Waals surface area contributed by atoms with E-state index in [0.717, 1.165) is 19.4 Å². The van der Waals surface area contributed by atoms with Gasteiger partial charge in [0, 0.05) is 24.3 Å². The lowest BCUT2D eigenvalue weighted by Gasteiger charge is -2.08. The second kappa shape index (κ2) is 9.05. The van der Waals surface area contributed by atoms with Crippen LogP contribution in [0, 0.1) is 0 Å². The van der Waals surface area contributed by atoms with Crippen molar-refractivity contribution in [2.45, 2.75) is 50.9 Å². The highest BCUT2D eigenvalue weighted by Gasteiger charge is 2.03. The molecule has 0 aliphatic carbocycles. The molecule has 1 atom stereocenters. The van der Waals surface area contributed by atoms with E-state index in [4.69, 9.17) is 11.6 Å². The zero-order valence-electron chi connectivity index (χ0n) is 9.23. The van der Waals surface area contributed by atoms with Gasteiger partial charge < -0.3 is 4.57 Å². The second-order valence-electron chi connectivity index (χ2n) is 3.68. The lowest BCUT2D eigenvalue weighted by molar-refractivity contribution is 0.564. The highest BCUT2D eigenvalue weighted by atomic mass is 35.5. The first-order valence-electron chi connectivity index (χ1n) is 5.42. The van der Waals surface area contributed by atoms with Crippen LogP contribution >= 0.6 is 24.0 Å². The first kappa shape index (κ1) is 14.8. The van der Waals surface area contributed by atoms with Crippen molar-refractivity contribution < 1.29 is 0 Å². The fourth-order valence-corrected chi connectivity index (χ4v) is 1.72. The Morgan fingerprint density at radius 1 is 1.33 bits per heavy atom. The number of hydrogen-bond acceptors (Lipinski definition) is 1. The van der Waals surface area contributed by atoms with Gasteiger partial charge in [-0.2, -0.15) is 0 Å². The Bertz CT molecular complexity index is 225. The Balaban J connectivity index is 0.00000196. The molecule has 88 valence electrons. The molecule has 0 saturated heterocycles. The summed E-state index contributed by atoms with van der Waals surface area (Å²) in [5, 5.41) is 0.323. The van der Waals surface area contributed by atoms with Crippen LogP contribution in [0.5, 0.6) is 0 Å². The summed E-state index contributed by atoms with van der Waals surface area (Å²) in [5.41, 5.74) is 0. The van der Waals surface area contributed by atoms with Gasteiger partial charge in [-0.1, -0.05) is 26.2 Å². The summed E-state index contributed by atoms with van der Waals surface area (Å²) in [6.07, 6.45) is 11.6. The van der Waals surface area contributed by atoms with Gasteiger partial charge in [0.05, 0.1) is 6.33 Å². The fourth-order valence-electron chi connectivity index (χ4n) is 1.47. The molecular weight excluding hydrogens is 231 g/mol. The molecule has 1 aromatic heterocycles. The van der Waals surface area contributed by atoms with E-state index in [1.807, 2.05) is 12.5 Å². The first-order valence-corrected chi connectivity index (χ1v) is 5.86. The molecular formula is C11H20Cl2N2. The number of nitrogens with zero attached hydrogens (tertiary/aromatic N) is 2. The Hall–Kier alpha value is -0.210. The van der Waals surface area contributed by atoms with E-state index in [9.17, 15) is 0 Å². The molecule has 1 rings (SSSR count). The third kappa shape index (κ3) is 6.80. The summed E-state index contributed by atoms with van der Waals surface area (Å²) in [4.78, 5) is 4.00. The van der Waals surface area contributed by atoms with E-state index in [2.05, 4.69) is 16.5 Å². The van der Waals surface area contributed by atoms with Crippen LogP contribution < -0.4 is 0 Å². The van der Waals surface area contributed by atoms with E-state index >= 15 is 0 Å². The third-order valence-corrected chi connectivity index (χ3v) is 2.82. The Kier molecular flexibility index (Phi) is 8.92. The average Bonchev–Trinajstić information content (AvgIpc) is 2.68. The van der Waals surface area contributed by atoms with E-state index in [-0.39, 0.29) is 12.4 Å². The summed E-state index contributed by atoms with van der Waals surface area (Å²) < 4.78 is 2.08. The topological polar surface area (TPSA) is 17.8 Å². The predicted molar refractivity (Wildman–Crippen MR) is 67.9 cm³/mol. The maximum Gasteiger partial charge on any atom is 0.0945 e. The van der Waals surface area contributed by atoms with Crippen LogP contribution in [0.1, 0.15) is 39.0 Å². The summed E-state index contributed by atoms with van der Waals surface area (Å²) in [5.74, 6) is 0. The molecule has 1 unspecified atom stereocenters. The number of hydrogen-bond donors (Lipinski definition) is 0. The van der Waals surface area contributed by atoms with Gasteiger partial charge in [0.2, 0.25) is 0 Å². The molecule has 0 spiro atoms. The monoisotopic (exact) mass is 250 g/mol. The molecule has 0 bridgehead atoms. The number of unbranched alkanes of at least 4 members (excludes halogenated alkanes) is 2. The van der Waals surface area contributed by atoms with E-state index in [1.54, 1.807) is 6.20 Å². The van der Waals surface area contributed by atoms with E-state index < -0.39 is 0 Å². The van der Waals surface area contributed by atoms with Crippen LogP contribution in [-0.4, -0.2) is 14.9 Å². The third-order valence-electron chi connectivity index (χ3n) is 2.38. The summed E-state index contributed by atoms with van der Waals surface area (Å²) in [6, 6.07) is 0. The highest BCUT2D eigenvalue weighted by molar-refractivity contribution is 6.20. The Morgan fingerprint density at radius 3 is 2.73 bits per heavy atom. The van der Waals surface area contributed by atoms with Gasteiger partial charge in [-0.15, -0.1) is 24.0 Å². The Labute approximate surface area is 103 Å². The minimum atomic E-state index is 0. The van der Waals surface area contributed by atoms with Gasteiger partial charge in [-0.05, 0) is 12.8 Å². The zero-order valence-corrected chi connectivity index (χ0v) is 10.8. The molecule has 1 heterocycles. The maximum atomic E-state index is 6.20. The number of alkyl halides is 1. The minimum absolute atomic E-state index is 0. The van der Waals surface area contributed by atoms with Gasteiger partial charge in [0.15, 0.2) is 0 Å². The fraction of sp³-hybridized carbons (Fsp3) is 0.727. The van der Waals surface area contributed by atoms with Crippen molar-refractivity contribution in [2.24, 2.45) is 0 Å². The van der Waals surface area contributed by atoms with Gasteiger partial charge in [-0.3, -0.25) is 0 Å². The van der Waals surface area contributed by atoms with Gasteiger partial charge in [-0.25, -0.2) is 4.98 Å². The van der Waals surface area contributed by atoms with Gasteiger partial charge in [0.1, 0.15) is 0 Å². The minimum Gasteiger partial charge on any atom is -0.337 e. The van der Waals surface area contributed by atoms with Gasteiger partial charge in [0.25, 0.3) is 0 Å². The molecule has 4 heteroatoms. The van der Waals surface area contributed by atoms with Crippen LogP contribution in [-0.2, 0) is 6.54 Å². The standard InChI is InChI=1S/C11H19ClN2.ClH/c1-2-3-4-5-11(12)6-8-14-9-7-13-10-14;/h7,9-11H,2-6,8H2,1H3;1H. The number of halogens is 2. The predicted octanol–water partition coefficient (Wildman–Crippen LogP) is 3.88. The normalized spacial score (nSPS) is 12.1. The second-order valence-corrected chi connectivity index (χ2v) is 4.30. The number of aryl methyl sites for hydroxylation is 1. The molecule has 0 aromatic carbocycles. The molecule has 0 amide bonds. The van der Waals surface area contributed by atoms with Crippen molar-refractivity contribution >= 4 is 24.0 Å². The molecule has 0 saturated carbocycles. The lowest BCUT2D eigenvalue weighted by atomic mass is 10.1. The van der Waals surface area contributed by atoms with Crippen molar-refractivity contribution in [1.29, 1.82) is 0 Å². The molecule has 0 N–H and O–H groups in total. The van der Waals surface area contributed by atoms with Crippen molar-refractivity contribution in [3.8, 4) is 0 Å². The number of imidazole rings is 1. The lowest BCUT2D eigenvalue weighted by Crippen LogP contribution is -2.04. The van der Waals surface area contributed by atoms with Crippen LogP contribution in [0.25, 0.3) is 0 Å². The van der Waals surface area contributed by atoms with Crippen LogP contribution in [0.2, 0.25) is 0 Å². The number of aromatic nitrogens is 2. The quantitative estimate of drug-likeness (QED) is 0.531. The highest BCUT2D eigenvalue weighted by Crippen LogP contribution is 2.13. The van der Waals surface area contributed by atoms with E-state index in [1.165, 1.54) is 19.3 Å².